The van der Waals surface area contributed by atoms with Gasteiger partial charge in [0.2, 0.25) is 0 Å². The molecule has 0 fully saturated rings. The lowest BCUT2D eigenvalue weighted by molar-refractivity contribution is -0.384. The van der Waals surface area contributed by atoms with Crippen molar-refractivity contribution in [3.05, 3.63) is 39.9 Å². The maximum absolute atomic E-state index is 10.3. The van der Waals surface area contributed by atoms with Crippen LogP contribution in [0.5, 0.6) is 0 Å². The molecule has 0 aliphatic rings. The largest absolute Gasteiger partial charge is 0.694 e. The molecule has 0 bridgehead atoms. The first-order valence-electron chi connectivity index (χ1n) is 4.12. The van der Waals surface area contributed by atoms with E-state index in [9.17, 15) is 14.7 Å². The number of hydrogen-bond donors (Lipinski definition) is 1. The van der Waals surface area contributed by atoms with Gasteiger partial charge in [0.05, 0.1) is 4.92 Å². The van der Waals surface area contributed by atoms with Crippen LogP contribution in [0.25, 0.3) is 0 Å². The van der Waals surface area contributed by atoms with Crippen LogP contribution in [0.3, 0.4) is 0 Å². The Hall–Kier alpha value is -1.36. The second-order valence-electron chi connectivity index (χ2n) is 2.74. The minimum absolute atomic E-state index is 0. The van der Waals surface area contributed by atoms with Gasteiger partial charge in [-0.25, -0.2) is 0 Å². The molecule has 1 rings (SSSR count). The fourth-order valence-electron chi connectivity index (χ4n) is 1.03. The Morgan fingerprint density at radius 3 is 2.38 bits per heavy atom. The van der Waals surface area contributed by atoms with Crippen LogP contribution in [0.2, 0.25) is 0 Å². The van der Waals surface area contributed by atoms with Crippen molar-refractivity contribution in [2.24, 2.45) is 0 Å². The molecule has 7 heteroatoms. The van der Waals surface area contributed by atoms with Crippen molar-refractivity contribution in [2.45, 2.75) is 13.8 Å². The van der Waals surface area contributed by atoms with E-state index in [1.54, 1.807) is 12.1 Å². The van der Waals surface area contributed by atoms with Crippen LogP contribution in [0.1, 0.15) is 13.0 Å². The van der Waals surface area contributed by atoms with Crippen LogP contribution in [0.4, 0.5) is 5.69 Å². The monoisotopic (exact) mass is 246 g/mol. The molecule has 0 amide bonds. The lowest BCUT2D eigenvalue weighted by Crippen LogP contribution is -1.94. The second-order valence-corrected chi connectivity index (χ2v) is 3.48. The summed E-state index contributed by atoms with van der Waals surface area (Å²) in [6.45, 7) is 0.115. The summed E-state index contributed by atoms with van der Waals surface area (Å²) >= 11 is 0. The zero-order valence-corrected chi connectivity index (χ0v) is 8.59. The molecule has 1 atom stereocenters. The average Bonchev–Trinajstić information content (AvgIpc) is 2.18. The smallest absolute Gasteiger partial charge is 0.258 e. The van der Waals surface area contributed by atoms with Crippen molar-refractivity contribution < 1.29 is 18.9 Å². The van der Waals surface area contributed by atoms with Crippen molar-refractivity contribution in [3.63, 3.8) is 0 Å². The molecule has 16 heavy (non-hydrogen) atoms. The molecule has 0 aliphatic heterocycles. The molecule has 1 aromatic carbocycles. The van der Waals surface area contributed by atoms with Gasteiger partial charge in [-0.1, -0.05) is 19.6 Å². The van der Waals surface area contributed by atoms with Gasteiger partial charge in [-0.15, -0.1) is 9.42 Å². The summed E-state index contributed by atoms with van der Waals surface area (Å²) in [5.74, 6) is 0. The van der Waals surface area contributed by atoms with Gasteiger partial charge < -0.3 is 0 Å². The van der Waals surface area contributed by atoms with E-state index >= 15 is 0 Å². The quantitative estimate of drug-likeness (QED) is 0.489. The second kappa shape index (κ2) is 7.00. The van der Waals surface area contributed by atoms with Crippen LogP contribution >= 0.6 is 8.25 Å². The third-order valence-corrected chi connectivity index (χ3v) is 2.14. The maximum Gasteiger partial charge on any atom is 0.694 e. The highest BCUT2D eigenvalue weighted by Crippen LogP contribution is 2.16. The highest BCUT2D eigenvalue weighted by molar-refractivity contribution is 7.32. The van der Waals surface area contributed by atoms with Gasteiger partial charge in [-0.2, -0.15) is 0 Å². The number of rotatable bonds is 5. The van der Waals surface area contributed by atoms with Gasteiger partial charge in [0.1, 0.15) is 6.61 Å². The van der Waals surface area contributed by atoms with Crippen molar-refractivity contribution in [3.8, 4) is 0 Å². The summed E-state index contributed by atoms with van der Waals surface area (Å²) in [5, 5.41) is 10.3. The third-order valence-electron chi connectivity index (χ3n) is 1.74. The first kappa shape index (κ1) is 14.6. The van der Waals surface area contributed by atoms with E-state index in [2.05, 4.69) is 4.52 Å². The van der Waals surface area contributed by atoms with Gasteiger partial charge in [-0.3, -0.25) is 10.1 Å². The van der Waals surface area contributed by atoms with Crippen LogP contribution in [0, 0.1) is 10.1 Å². The Balaban J connectivity index is 0.00000225. The summed E-state index contributed by atoms with van der Waals surface area (Å²) in [7, 11) is -2.57. The first-order chi connectivity index (χ1) is 7.09. The number of benzene rings is 1. The Labute approximate surface area is 94.0 Å². The third kappa shape index (κ3) is 4.93. The van der Waals surface area contributed by atoms with E-state index in [0.29, 0.717) is 6.42 Å². The number of nitro groups is 1. The zero-order valence-electron chi connectivity index (χ0n) is 7.70. The molecule has 0 saturated carbocycles. The number of nitro benzene ring substituents is 1. The lowest BCUT2D eigenvalue weighted by atomic mass is 10.1. The number of non-ortho nitro benzene ring substituents is 1. The molecule has 1 unspecified atom stereocenters. The number of nitrogens with zero attached hydrogens (tertiary/aromatic N) is 1. The highest BCUT2D eigenvalue weighted by Gasteiger charge is 2.11. The predicted octanol–water partition coefficient (Wildman–Crippen LogP) is 2.44. The average molecular weight is 246 g/mol. The van der Waals surface area contributed by atoms with E-state index in [-0.39, 0.29) is 19.7 Å². The summed E-state index contributed by atoms with van der Waals surface area (Å²) in [6.07, 6.45) is 0.444. The Morgan fingerprint density at radius 1 is 1.38 bits per heavy atom. The molecule has 0 aliphatic carbocycles. The van der Waals surface area contributed by atoms with Gasteiger partial charge in [-0.05, 0) is 5.56 Å². The molecule has 1 aromatic rings. The van der Waals surface area contributed by atoms with E-state index in [1.807, 2.05) is 0 Å². The Morgan fingerprint density at radius 2 is 1.94 bits per heavy atom. The van der Waals surface area contributed by atoms with Gasteiger partial charge in [0, 0.05) is 23.1 Å². The fourth-order valence-corrected chi connectivity index (χ4v) is 1.27. The van der Waals surface area contributed by atoms with Crippen LogP contribution in [-0.2, 0) is 15.5 Å². The standard InChI is InChI=1S/C8H8NO5P.CH4/c10-9(11)8-3-1-7(2-4-8)5-6-14-15(12)13;/h1-4H,5-6H2;1H4/p+1. The predicted molar refractivity (Wildman–Crippen MR) is 59.3 cm³/mol. The molecule has 0 saturated heterocycles. The van der Waals surface area contributed by atoms with E-state index < -0.39 is 13.2 Å². The van der Waals surface area contributed by atoms with Gasteiger partial charge >= 0.3 is 8.25 Å². The van der Waals surface area contributed by atoms with Gasteiger partial charge in [0.15, 0.2) is 0 Å². The molecule has 0 spiro atoms. The molecular weight excluding hydrogens is 233 g/mol. The summed E-state index contributed by atoms with van der Waals surface area (Å²) < 4.78 is 14.6. The maximum atomic E-state index is 10.3. The van der Waals surface area contributed by atoms with E-state index in [1.165, 1.54) is 12.1 Å². The SMILES string of the molecule is C.O=[N+]([O-])c1ccc(CCO[P+](=O)O)cc1. The fraction of sp³-hybridized carbons (Fsp3) is 0.333. The highest BCUT2D eigenvalue weighted by atomic mass is 31.1. The molecular formula is C9H13NO5P+. The number of hydrogen-bond acceptors (Lipinski definition) is 4. The molecule has 0 heterocycles. The lowest BCUT2D eigenvalue weighted by Gasteiger charge is -1.96. The molecule has 1 N–H and O–H groups in total. The topological polar surface area (TPSA) is 89.7 Å². The van der Waals surface area contributed by atoms with E-state index in [0.717, 1.165) is 5.56 Å². The molecule has 6 nitrogen and oxygen atoms in total. The van der Waals surface area contributed by atoms with E-state index in [4.69, 9.17) is 4.89 Å². The van der Waals surface area contributed by atoms with Crippen molar-refractivity contribution in [2.75, 3.05) is 6.61 Å². The molecule has 0 aromatic heterocycles. The minimum Gasteiger partial charge on any atom is -0.258 e. The normalized spacial score (nSPS) is 10.4. The Kier molecular flexibility index (Phi) is 6.41. The first-order valence-corrected chi connectivity index (χ1v) is 5.25. The van der Waals surface area contributed by atoms with Crippen LogP contribution < -0.4 is 0 Å². The summed E-state index contributed by atoms with van der Waals surface area (Å²) in [4.78, 5) is 18.2. The minimum atomic E-state index is -2.57. The van der Waals surface area contributed by atoms with Crippen molar-refractivity contribution in [1.29, 1.82) is 0 Å². The molecule has 0 radical (unpaired) electrons. The zero-order chi connectivity index (χ0) is 11.3. The van der Waals surface area contributed by atoms with Crippen molar-refractivity contribution in [1.82, 2.24) is 0 Å². The summed E-state index contributed by atoms with van der Waals surface area (Å²) in [6, 6.07) is 5.94. The van der Waals surface area contributed by atoms with Crippen LogP contribution in [0.15, 0.2) is 24.3 Å². The van der Waals surface area contributed by atoms with Crippen molar-refractivity contribution >= 4 is 13.9 Å². The molecule has 88 valence electrons. The summed E-state index contributed by atoms with van der Waals surface area (Å²) in [5.41, 5.74) is 0.838. The van der Waals surface area contributed by atoms with Gasteiger partial charge in [0.25, 0.3) is 5.69 Å². The Bertz CT molecular complexity index is 365. The van der Waals surface area contributed by atoms with Crippen LogP contribution in [-0.4, -0.2) is 16.4 Å².